The number of β-amino-alcohol motifs (C(OH)–C–C–N with tert-alkyl or cyclic N) is 1. The number of fused-ring (bicyclic) bond motifs is 1. The van der Waals surface area contributed by atoms with Crippen LogP contribution in [0.4, 0.5) is 0 Å². The van der Waals surface area contributed by atoms with E-state index in [1.54, 1.807) is 0 Å². The topological polar surface area (TPSA) is 128 Å². The zero-order valence-corrected chi connectivity index (χ0v) is 21.5. The van der Waals surface area contributed by atoms with Crippen LogP contribution in [0.2, 0.25) is 0 Å². The van der Waals surface area contributed by atoms with Crippen LogP contribution in [0, 0.1) is 5.41 Å². The minimum atomic E-state index is -0.499. The molecule has 1 atom stereocenters. The number of likely N-dealkylation sites (tertiary alicyclic amines) is 1. The van der Waals surface area contributed by atoms with Gasteiger partial charge in [0.2, 0.25) is 17.7 Å². The van der Waals surface area contributed by atoms with Crippen molar-refractivity contribution in [3.05, 3.63) is 29.3 Å². The first-order valence-corrected chi connectivity index (χ1v) is 12.5. The molecule has 36 heavy (non-hydrogen) atoms. The first-order chi connectivity index (χ1) is 17.0. The Morgan fingerprint density at radius 1 is 1.03 bits per heavy atom. The largest absolute Gasteiger partial charge is 0.484 e. The van der Waals surface area contributed by atoms with Crippen molar-refractivity contribution in [1.82, 2.24) is 20.4 Å². The molecule has 0 aromatic heterocycles. The van der Waals surface area contributed by atoms with Gasteiger partial charge in [0.25, 0.3) is 5.91 Å². The number of amides is 4. The van der Waals surface area contributed by atoms with Gasteiger partial charge in [0, 0.05) is 45.6 Å². The van der Waals surface area contributed by atoms with Crippen molar-refractivity contribution in [3.8, 4) is 5.75 Å². The predicted molar refractivity (Wildman–Crippen MR) is 133 cm³/mol. The number of nitrogens with one attached hydrogen (secondary N) is 2. The predicted octanol–water partition coefficient (Wildman–Crippen LogP) is 0.602. The number of hydrogen-bond acceptors (Lipinski definition) is 6. The van der Waals surface area contributed by atoms with E-state index in [0.29, 0.717) is 44.8 Å². The Balaban J connectivity index is 1.35. The minimum Gasteiger partial charge on any atom is -0.484 e. The monoisotopic (exact) mass is 502 g/mol. The molecule has 3 N–H and O–H groups in total. The van der Waals surface area contributed by atoms with E-state index in [-0.39, 0.29) is 55.2 Å². The van der Waals surface area contributed by atoms with Gasteiger partial charge in [0.15, 0.2) is 6.61 Å². The molecule has 0 aliphatic carbocycles. The lowest BCUT2D eigenvalue weighted by atomic mass is 9.90. The fourth-order valence-electron chi connectivity index (χ4n) is 4.26. The lowest BCUT2D eigenvalue weighted by Gasteiger charge is -2.31. The molecule has 10 nitrogen and oxygen atoms in total. The van der Waals surface area contributed by atoms with E-state index in [4.69, 9.17) is 4.74 Å². The van der Waals surface area contributed by atoms with Crippen LogP contribution >= 0.6 is 0 Å². The van der Waals surface area contributed by atoms with Gasteiger partial charge in [-0.05, 0) is 41.5 Å². The van der Waals surface area contributed by atoms with Gasteiger partial charge in [0.05, 0.1) is 12.6 Å². The quantitative estimate of drug-likeness (QED) is 0.454. The third kappa shape index (κ3) is 8.51. The van der Waals surface area contributed by atoms with Crippen molar-refractivity contribution in [2.45, 2.75) is 59.1 Å². The molecule has 0 bridgehead atoms. The van der Waals surface area contributed by atoms with Gasteiger partial charge in [-0.15, -0.1) is 0 Å². The van der Waals surface area contributed by atoms with Gasteiger partial charge in [-0.25, -0.2) is 0 Å². The van der Waals surface area contributed by atoms with Gasteiger partial charge in [-0.3, -0.25) is 19.2 Å². The van der Waals surface area contributed by atoms with Crippen LogP contribution in [-0.4, -0.2) is 84.0 Å². The molecule has 3 rings (SSSR count). The Kier molecular flexibility index (Phi) is 9.31. The normalized spacial score (nSPS) is 17.4. The van der Waals surface area contributed by atoms with Gasteiger partial charge in [0.1, 0.15) is 5.75 Å². The highest BCUT2D eigenvalue weighted by molar-refractivity contribution is 5.85. The molecule has 0 spiro atoms. The fourth-order valence-corrected chi connectivity index (χ4v) is 4.26. The van der Waals surface area contributed by atoms with Crippen molar-refractivity contribution < 1.29 is 29.0 Å². The Hall–Kier alpha value is -3.14. The molecule has 2 aliphatic rings. The Morgan fingerprint density at radius 2 is 1.81 bits per heavy atom. The van der Waals surface area contributed by atoms with Crippen LogP contribution in [0.15, 0.2) is 18.2 Å². The van der Waals surface area contributed by atoms with Crippen LogP contribution in [0.5, 0.6) is 5.75 Å². The number of nitrogens with zero attached hydrogens (tertiary/aromatic N) is 2. The molecule has 10 heteroatoms. The summed E-state index contributed by atoms with van der Waals surface area (Å²) in [7, 11) is 0. The van der Waals surface area contributed by atoms with Gasteiger partial charge in [-0.2, -0.15) is 0 Å². The highest BCUT2D eigenvalue weighted by Gasteiger charge is 2.26. The summed E-state index contributed by atoms with van der Waals surface area (Å²) in [5, 5.41) is 14.6. The van der Waals surface area contributed by atoms with E-state index in [0.717, 1.165) is 12.0 Å². The smallest absolute Gasteiger partial charge is 0.257 e. The van der Waals surface area contributed by atoms with Gasteiger partial charge >= 0.3 is 0 Å². The average molecular weight is 503 g/mol. The number of rotatable bonds is 9. The summed E-state index contributed by atoms with van der Waals surface area (Å²) in [6, 6.07) is 5.67. The van der Waals surface area contributed by atoms with Crippen molar-refractivity contribution >= 4 is 23.6 Å². The zero-order chi connectivity index (χ0) is 26.3. The highest BCUT2D eigenvalue weighted by Crippen LogP contribution is 2.26. The maximum atomic E-state index is 12.6. The number of aliphatic hydroxyl groups excluding tert-OH is 1. The Labute approximate surface area is 212 Å². The second-order valence-electron chi connectivity index (χ2n) is 10.7. The number of benzene rings is 1. The van der Waals surface area contributed by atoms with Crippen molar-refractivity contribution in [1.29, 1.82) is 0 Å². The summed E-state index contributed by atoms with van der Waals surface area (Å²) in [6.07, 6.45) is 1.38. The van der Waals surface area contributed by atoms with Crippen molar-refractivity contribution in [2.75, 3.05) is 39.3 Å². The van der Waals surface area contributed by atoms with Crippen LogP contribution in [0.3, 0.4) is 0 Å². The Morgan fingerprint density at radius 3 is 2.50 bits per heavy atom. The molecular weight excluding hydrogens is 464 g/mol. The summed E-state index contributed by atoms with van der Waals surface area (Å²) in [4.78, 5) is 52.0. The summed E-state index contributed by atoms with van der Waals surface area (Å²) in [5.74, 6) is -0.238. The second kappa shape index (κ2) is 12.2. The molecule has 2 aliphatic heterocycles. The van der Waals surface area contributed by atoms with Crippen LogP contribution in [0.25, 0.3) is 0 Å². The van der Waals surface area contributed by atoms with Crippen molar-refractivity contribution in [3.63, 3.8) is 0 Å². The van der Waals surface area contributed by atoms with Gasteiger partial charge in [-0.1, -0.05) is 26.8 Å². The number of carbonyl (C=O) groups is 4. The van der Waals surface area contributed by atoms with Crippen molar-refractivity contribution in [2.24, 2.45) is 5.41 Å². The maximum absolute atomic E-state index is 12.6. The molecule has 198 valence electrons. The zero-order valence-electron chi connectivity index (χ0n) is 21.5. The molecule has 1 fully saturated rings. The second-order valence-corrected chi connectivity index (χ2v) is 10.7. The van der Waals surface area contributed by atoms with E-state index < -0.39 is 6.10 Å². The standard InChI is InChI=1S/C26H38N4O6/c1-26(2,3)13-24(34)29-10-7-18-4-5-21(12-19(18)15-29)36-17-23(33)27-9-6-22(32)28-14-25(35)30-11-8-20(31)16-30/h4-5,12,20,31H,6-11,13-17H2,1-3H3,(H,27,33)(H,28,32)/t20-/m1/s1. The third-order valence-electron chi connectivity index (χ3n) is 6.22. The van der Waals surface area contributed by atoms with Crippen LogP contribution in [-0.2, 0) is 32.1 Å². The first-order valence-electron chi connectivity index (χ1n) is 12.5. The molecule has 1 aromatic carbocycles. The lowest BCUT2D eigenvalue weighted by Crippen LogP contribution is -2.40. The molecule has 0 saturated carbocycles. The molecule has 2 heterocycles. The number of carbonyl (C=O) groups excluding carboxylic acids is 4. The van der Waals surface area contributed by atoms with Crippen LogP contribution < -0.4 is 15.4 Å². The number of ether oxygens (including phenoxy) is 1. The molecule has 1 aromatic rings. The van der Waals surface area contributed by atoms with Gasteiger partial charge < -0.3 is 30.3 Å². The summed E-state index contributed by atoms with van der Waals surface area (Å²) in [6.45, 7) is 7.98. The molecule has 0 unspecified atom stereocenters. The van der Waals surface area contributed by atoms with E-state index in [9.17, 15) is 24.3 Å². The van der Waals surface area contributed by atoms with E-state index in [1.807, 2.05) is 23.1 Å². The first kappa shape index (κ1) is 27.4. The van der Waals surface area contributed by atoms with E-state index >= 15 is 0 Å². The maximum Gasteiger partial charge on any atom is 0.257 e. The summed E-state index contributed by atoms with van der Waals surface area (Å²) in [5.41, 5.74) is 2.14. The Bertz CT molecular complexity index is 974. The third-order valence-corrected chi connectivity index (χ3v) is 6.22. The van der Waals surface area contributed by atoms with E-state index in [1.165, 1.54) is 10.5 Å². The SMILES string of the molecule is CC(C)(C)CC(=O)N1CCc2ccc(OCC(=O)NCCC(=O)NCC(=O)N3CC[C@@H](O)C3)cc2C1. The summed E-state index contributed by atoms with van der Waals surface area (Å²) >= 11 is 0. The number of aliphatic hydroxyl groups is 1. The minimum absolute atomic E-state index is 0.0406. The molecule has 0 radical (unpaired) electrons. The van der Waals surface area contributed by atoms with Crippen LogP contribution in [0.1, 0.15) is 51.2 Å². The van der Waals surface area contributed by atoms with E-state index in [2.05, 4.69) is 31.4 Å². The molecular formula is C26H38N4O6. The lowest BCUT2D eigenvalue weighted by molar-refractivity contribution is -0.134. The fraction of sp³-hybridized carbons (Fsp3) is 0.615. The molecule has 1 saturated heterocycles. The molecule has 4 amide bonds. The highest BCUT2D eigenvalue weighted by atomic mass is 16.5. The average Bonchev–Trinajstić information content (AvgIpc) is 3.26. The number of hydrogen-bond donors (Lipinski definition) is 3. The summed E-state index contributed by atoms with van der Waals surface area (Å²) < 4.78 is 5.63.